The molecule has 0 saturated carbocycles. The first-order valence-corrected chi connectivity index (χ1v) is 7.08. The van der Waals surface area contributed by atoms with Crippen molar-refractivity contribution in [1.82, 2.24) is 9.97 Å². The molecule has 0 saturated heterocycles. The van der Waals surface area contributed by atoms with Crippen LogP contribution in [0.4, 0.5) is 5.69 Å². The first-order chi connectivity index (χ1) is 10.4. The van der Waals surface area contributed by atoms with Crippen LogP contribution in [0.15, 0.2) is 48.8 Å². The Kier molecular flexibility index (Phi) is 3.42. The molecular formula is C17H18N4O. The standard InChI is InChI=1S/C17H18N4O/c1-17(2,18)12-5-3-11(4-6-12)16(22)21-14-8-10-20-15-13(14)7-9-19-15/h3-10H,18H2,1-2H3,(H2,19,20,21,22). The van der Waals surface area contributed by atoms with Gasteiger partial charge in [-0.05, 0) is 43.7 Å². The number of nitrogens with two attached hydrogens (primary N) is 1. The minimum atomic E-state index is -0.419. The number of carbonyl (C=O) groups is 1. The first kappa shape index (κ1) is 14.3. The lowest BCUT2D eigenvalue weighted by Gasteiger charge is -2.19. The summed E-state index contributed by atoms with van der Waals surface area (Å²) in [5, 5.41) is 3.80. The van der Waals surface area contributed by atoms with Gasteiger partial charge in [0, 0.05) is 28.9 Å². The van der Waals surface area contributed by atoms with E-state index in [-0.39, 0.29) is 5.91 Å². The fourth-order valence-corrected chi connectivity index (χ4v) is 2.32. The molecular weight excluding hydrogens is 276 g/mol. The van der Waals surface area contributed by atoms with Crippen LogP contribution in [0.5, 0.6) is 0 Å². The minimum Gasteiger partial charge on any atom is -0.346 e. The van der Waals surface area contributed by atoms with Crippen LogP contribution in [0.2, 0.25) is 0 Å². The second-order valence-electron chi connectivity index (χ2n) is 5.85. The van der Waals surface area contributed by atoms with Gasteiger partial charge in [-0.2, -0.15) is 0 Å². The van der Waals surface area contributed by atoms with Crippen molar-refractivity contribution >= 4 is 22.6 Å². The third kappa shape index (κ3) is 2.71. The van der Waals surface area contributed by atoms with Crippen LogP contribution >= 0.6 is 0 Å². The molecule has 4 N–H and O–H groups in total. The largest absolute Gasteiger partial charge is 0.346 e. The van der Waals surface area contributed by atoms with Crippen molar-refractivity contribution in [3.63, 3.8) is 0 Å². The summed E-state index contributed by atoms with van der Waals surface area (Å²) in [6, 6.07) is 11.0. The number of hydrogen-bond acceptors (Lipinski definition) is 3. The fraction of sp³-hybridized carbons (Fsp3) is 0.176. The predicted octanol–water partition coefficient (Wildman–Crippen LogP) is 3.01. The predicted molar refractivity (Wildman–Crippen MR) is 87.7 cm³/mol. The van der Waals surface area contributed by atoms with Crippen LogP contribution in [0, 0.1) is 0 Å². The van der Waals surface area contributed by atoms with Gasteiger partial charge in [0.2, 0.25) is 0 Å². The van der Waals surface area contributed by atoms with E-state index in [1.807, 2.05) is 32.0 Å². The number of nitrogens with one attached hydrogen (secondary N) is 2. The number of aromatic amines is 1. The number of nitrogens with zero attached hydrogens (tertiary/aromatic N) is 1. The summed E-state index contributed by atoms with van der Waals surface area (Å²) in [6.45, 7) is 3.86. The van der Waals surface area contributed by atoms with E-state index in [0.717, 1.165) is 22.3 Å². The molecule has 2 heterocycles. The number of carbonyl (C=O) groups excluding carboxylic acids is 1. The lowest BCUT2D eigenvalue weighted by Crippen LogP contribution is -2.28. The number of anilines is 1. The summed E-state index contributed by atoms with van der Waals surface area (Å²) in [5.41, 5.74) is 8.69. The van der Waals surface area contributed by atoms with Gasteiger partial charge in [-0.3, -0.25) is 4.79 Å². The Morgan fingerprint density at radius 3 is 2.59 bits per heavy atom. The van der Waals surface area contributed by atoms with Gasteiger partial charge < -0.3 is 16.0 Å². The molecule has 3 aromatic rings. The summed E-state index contributed by atoms with van der Waals surface area (Å²) in [5.74, 6) is -0.157. The maximum atomic E-state index is 12.4. The molecule has 0 aliphatic heterocycles. The Morgan fingerprint density at radius 2 is 1.91 bits per heavy atom. The number of hydrogen-bond donors (Lipinski definition) is 3. The van der Waals surface area contributed by atoms with Gasteiger partial charge >= 0.3 is 0 Å². The molecule has 0 aliphatic carbocycles. The number of aromatic nitrogens is 2. The Bertz CT molecular complexity index is 813. The van der Waals surface area contributed by atoms with E-state index in [1.165, 1.54) is 0 Å². The molecule has 0 spiro atoms. The lowest BCUT2D eigenvalue weighted by molar-refractivity contribution is 0.102. The van der Waals surface area contributed by atoms with E-state index in [1.54, 1.807) is 30.6 Å². The van der Waals surface area contributed by atoms with Crippen LogP contribution in [-0.2, 0) is 5.54 Å². The minimum absolute atomic E-state index is 0.157. The maximum absolute atomic E-state index is 12.4. The summed E-state index contributed by atoms with van der Waals surface area (Å²) >= 11 is 0. The van der Waals surface area contributed by atoms with E-state index in [9.17, 15) is 4.79 Å². The van der Waals surface area contributed by atoms with Gasteiger partial charge in [-0.1, -0.05) is 12.1 Å². The van der Waals surface area contributed by atoms with Gasteiger partial charge in [-0.25, -0.2) is 4.98 Å². The lowest BCUT2D eigenvalue weighted by atomic mass is 9.95. The monoisotopic (exact) mass is 294 g/mol. The highest BCUT2D eigenvalue weighted by Gasteiger charge is 2.15. The fourth-order valence-electron chi connectivity index (χ4n) is 2.32. The molecule has 0 aliphatic rings. The Morgan fingerprint density at radius 1 is 1.18 bits per heavy atom. The van der Waals surface area contributed by atoms with E-state index in [0.29, 0.717) is 5.56 Å². The van der Waals surface area contributed by atoms with Crippen LogP contribution in [0.1, 0.15) is 29.8 Å². The van der Waals surface area contributed by atoms with Crippen LogP contribution in [0.3, 0.4) is 0 Å². The summed E-state index contributed by atoms with van der Waals surface area (Å²) in [7, 11) is 0. The molecule has 2 aromatic heterocycles. The van der Waals surface area contributed by atoms with E-state index in [4.69, 9.17) is 5.73 Å². The molecule has 0 atom stereocenters. The topological polar surface area (TPSA) is 83.8 Å². The third-order valence-corrected chi connectivity index (χ3v) is 3.60. The molecule has 5 nitrogen and oxygen atoms in total. The van der Waals surface area contributed by atoms with E-state index >= 15 is 0 Å². The molecule has 1 aromatic carbocycles. The Labute approximate surface area is 128 Å². The van der Waals surface area contributed by atoms with Gasteiger partial charge in [-0.15, -0.1) is 0 Å². The Balaban J connectivity index is 1.84. The molecule has 0 bridgehead atoms. The van der Waals surface area contributed by atoms with Crippen LogP contribution in [0.25, 0.3) is 11.0 Å². The molecule has 1 amide bonds. The molecule has 3 rings (SSSR count). The number of rotatable bonds is 3. The second-order valence-corrected chi connectivity index (χ2v) is 5.85. The molecule has 112 valence electrons. The summed E-state index contributed by atoms with van der Waals surface area (Å²) < 4.78 is 0. The van der Waals surface area contributed by atoms with Gasteiger partial charge in [0.05, 0.1) is 5.69 Å². The van der Waals surface area contributed by atoms with E-state index < -0.39 is 5.54 Å². The van der Waals surface area contributed by atoms with Crippen molar-refractivity contribution < 1.29 is 4.79 Å². The van der Waals surface area contributed by atoms with Crippen molar-refractivity contribution in [2.24, 2.45) is 5.73 Å². The molecule has 0 radical (unpaired) electrons. The highest BCUT2D eigenvalue weighted by atomic mass is 16.1. The zero-order valence-electron chi connectivity index (χ0n) is 12.6. The zero-order valence-corrected chi connectivity index (χ0v) is 12.6. The first-order valence-electron chi connectivity index (χ1n) is 7.08. The van der Waals surface area contributed by atoms with E-state index in [2.05, 4.69) is 15.3 Å². The maximum Gasteiger partial charge on any atom is 0.255 e. The summed E-state index contributed by atoms with van der Waals surface area (Å²) in [6.07, 6.45) is 3.46. The van der Waals surface area contributed by atoms with Crippen molar-refractivity contribution in [2.45, 2.75) is 19.4 Å². The number of H-pyrrole nitrogens is 1. The number of pyridine rings is 1. The van der Waals surface area contributed by atoms with Crippen molar-refractivity contribution in [2.75, 3.05) is 5.32 Å². The van der Waals surface area contributed by atoms with Gasteiger partial charge in [0.1, 0.15) is 5.65 Å². The average Bonchev–Trinajstić information content (AvgIpc) is 2.96. The van der Waals surface area contributed by atoms with Crippen LogP contribution < -0.4 is 11.1 Å². The number of benzene rings is 1. The van der Waals surface area contributed by atoms with Crippen LogP contribution in [-0.4, -0.2) is 15.9 Å². The number of amides is 1. The zero-order chi connectivity index (χ0) is 15.7. The highest BCUT2D eigenvalue weighted by Crippen LogP contribution is 2.22. The van der Waals surface area contributed by atoms with Gasteiger partial charge in [0.25, 0.3) is 5.91 Å². The smallest absolute Gasteiger partial charge is 0.255 e. The van der Waals surface area contributed by atoms with Crippen molar-refractivity contribution in [3.8, 4) is 0 Å². The average molecular weight is 294 g/mol. The molecule has 22 heavy (non-hydrogen) atoms. The molecule has 0 fully saturated rings. The second kappa shape index (κ2) is 5.27. The normalized spacial score (nSPS) is 11.6. The molecule has 5 heteroatoms. The molecule has 0 unspecified atom stereocenters. The number of fused-ring (bicyclic) bond motifs is 1. The highest BCUT2D eigenvalue weighted by molar-refractivity contribution is 6.08. The SMILES string of the molecule is CC(C)(N)c1ccc(C(=O)Nc2ccnc3[nH]ccc23)cc1. The van der Waals surface area contributed by atoms with Crippen molar-refractivity contribution in [3.05, 3.63) is 59.9 Å². The quantitative estimate of drug-likeness (QED) is 0.694. The van der Waals surface area contributed by atoms with Crippen molar-refractivity contribution in [1.29, 1.82) is 0 Å². The Hall–Kier alpha value is -2.66. The van der Waals surface area contributed by atoms with Gasteiger partial charge in [0.15, 0.2) is 0 Å². The third-order valence-electron chi connectivity index (χ3n) is 3.60. The summed E-state index contributed by atoms with van der Waals surface area (Å²) in [4.78, 5) is 19.6.